The van der Waals surface area contributed by atoms with Crippen molar-refractivity contribution in [3.8, 4) is 0 Å². The molecular weight excluding hydrogens is 633 g/mol. The number of pyridine rings is 1. The maximum atomic E-state index is 13.5. The van der Waals surface area contributed by atoms with E-state index in [0.29, 0.717) is 18.4 Å². The smallest absolute Gasteiger partial charge is 0.475 e. The van der Waals surface area contributed by atoms with Crippen LogP contribution in [0.25, 0.3) is 0 Å². The van der Waals surface area contributed by atoms with Gasteiger partial charge in [0.15, 0.2) is 0 Å². The van der Waals surface area contributed by atoms with Crippen LogP contribution in [0.5, 0.6) is 0 Å². The summed E-state index contributed by atoms with van der Waals surface area (Å²) >= 11 is 0. The van der Waals surface area contributed by atoms with E-state index in [1.165, 1.54) is 54.7 Å². The second-order valence-corrected chi connectivity index (χ2v) is 15.4. The molecule has 4 N–H and O–H groups in total. The molecule has 0 radical (unpaired) electrons. The van der Waals surface area contributed by atoms with Gasteiger partial charge in [0, 0.05) is 56.3 Å². The molecule has 4 aliphatic carbocycles. The Kier molecular flexibility index (Phi) is 8.32. The zero-order valence-corrected chi connectivity index (χ0v) is 25.8. The highest BCUT2D eigenvalue weighted by molar-refractivity contribution is 7.89. The summed E-state index contributed by atoms with van der Waals surface area (Å²) in [6, 6.07) is 2.27. The molecule has 4 saturated carbocycles. The van der Waals surface area contributed by atoms with Gasteiger partial charge in [-0.15, -0.1) is 0 Å². The molecule has 3 saturated heterocycles. The van der Waals surface area contributed by atoms with E-state index in [-0.39, 0.29) is 72.1 Å². The Balaban J connectivity index is 0.000000480. The molecule has 13 nitrogen and oxygen atoms in total. The van der Waals surface area contributed by atoms with Crippen LogP contribution in [0, 0.1) is 23.7 Å². The quantitative estimate of drug-likeness (QED) is 0.395. The van der Waals surface area contributed by atoms with Crippen LogP contribution in [-0.2, 0) is 24.4 Å². The number of halogens is 3. The van der Waals surface area contributed by atoms with Crippen molar-refractivity contribution in [1.82, 2.24) is 19.5 Å². The van der Waals surface area contributed by atoms with Gasteiger partial charge < -0.3 is 21.1 Å². The number of alkyl halides is 3. The summed E-state index contributed by atoms with van der Waals surface area (Å²) in [5.74, 6) is -0.711. The van der Waals surface area contributed by atoms with E-state index in [1.807, 2.05) is 4.90 Å². The van der Waals surface area contributed by atoms with E-state index in [1.54, 1.807) is 0 Å². The number of fused-ring (bicyclic) bond motifs is 2. The van der Waals surface area contributed by atoms with E-state index in [0.717, 1.165) is 29.6 Å². The highest BCUT2D eigenvalue weighted by atomic mass is 32.2. The lowest BCUT2D eigenvalue weighted by molar-refractivity contribution is -0.192. The van der Waals surface area contributed by atoms with Crippen molar-refractivity contribution in [3.63, 3.8) is 0 Å². The number of aromatic nitrogens is 1. The second-order valence-electron chi connectivity index (χ2n) is 13.5. The number of carbonyl (C=O) groups is 4. The van der Waals surface area contributed by atoms with E-state index in [2.05, 4.69) is 10.3 Å². The zero-order valence-electron chi connectivity index (χ0n) is 25.0. The average molecular weight is 671 g/mol. The molecule has 7 fully saturated rings. The fourth-order valence-electron chi connectivity index (χ4n) is 8.70. The topological polar surface area (TPSA) is 183 Å². The molecule has 2 atom stereocenters. The average Bonchev–Trinajstić information content (AvgIpc) is 3.47. The van der Waals surface area contributed by atoms with Crippen LogP contribution in [0.1, 0.15) is 57.8 Å². The van der Waals surface area contributed by atoms with Crippen molar-refractivity contribution in [2.75, 3.05) is 24.5 Å². The van der Waals surface area contributed by atoms with Gasteiger partial charge in [-0.05, 0) is 80.8 Å². The minimum absolute atomic E-state index is 0.00890. The van der Waals surface area contributed by atoms with Gasteiger partial charge >= 0.3 is 18.2 Å². The Morgan fingerprint density at radius 1 is 0.978 bits per heavy atom. The molecule has 0 spiro atoms. The lowest BCUT2D eigenvalue weighted by Crippen LogP contribution is -2.68. The van der Waals surface area contributed by atoms with Crippen molar-refractivity contribution in [2.24, 2.45) is 29.4 Å². The molecule has 3 aliphatic heterocycles. The van der Waals surface area contributed by atoms with Crippen molar-refractivity contribution in [2.45, 2.75) is 86.5 Å². The summed E-state index contributed by atoms with van der Waals surface area (Å²) in [4.78, 5) is 53.3. The lowest BCUT2D eigenvalue weighted by Gasteiger charge is -2.60. The second kappa shape index (κ2) is 11.7. The molecule has 17 heteroatoms. The molecule has 2 unspecified atom stereocenters. The fourth-order valence-corrected chi connectivity index (χ4v) is 10.2. The number of rotatable bonds is 5. The summed E-state index contributed by atoms with van der Waals surface area (Å²) in [7, 11) is -3.85. The van der Waals surface area contributed by atoms with Crippen LogP contribution in [0.3, 0.4) is 0 Å². The van der Waals surface area contributed by atoms with E-state index < -0.39 is 22.2 Å². The van der Waals surface area contributed by atoms with Crippen LogP contribution in [0.2, 0.25) is 0 Å². The molecule has 8 rings (SSSR count). The first-order chi connectivity index (χ1) is 21.6. The highest BCUT2D eigenvalue weighted by Crippen LogP contribution is 2.57. The number of sulfonamides is 1. The third-order valence-electron chi connectivity index (χ3n) is 10.8. The van der Waals surface area contributed by atoms with Crippen molar-refractivity contribution in [3.05, 3.63) is 18.3 Å². The molecule has 252 valence electrons. The Labute approximate surface area is 263 Å². The predicted octanol–water partition coefficient (Wildman–Crippen LogP) is 2.07. The van der Waals surface area contributed by atoms with Crippen molar-refractivity contribution in [1.29, 1.82) is 0 Å². The first-order valence-corrected chi connectivity index (χ1v) is 17.0. The largest absolute Gasteiger partial charge is 0.490 e. The predicted molar refractivity (Wildman–Crippen MR) is 154 cm³/mol. The maximum absolute atomic E-state index is 13.5. The number of anilines is 1. The number of amides is 4. The van der Waals surface area contributed by atoms with Crippen molar-refractivity contribution >= 4 is 39.7 Å². The van der Waals surface area contributed by atoms with E-state index in [9.17, 15) is 36.0 Å². The molecule has 4 heterocycles. The molecule has 6 bridgehead atoms. The summed E-state index contributed by atoms with van der Waals surface area (Å²) in [5, 5.41) is 10.3. The first kappa shape index (κ1) is 32.6. The van der Waals surface area contributed by atoms with E-state index in [4.69, 9.17) is 15.6 Å². The molecule has 0 aromatic carbocycles. The maximum Gasteiger partial charge on any atom is 0.490 e. The van der Waals surface area contributed by atoms with Crippen molar-refractivity contribution < 1.29 is 45.9 Å². The van der Waals surface area contributed by atoms with Crippen LogP contribution in [-0.4, -0.2) is 95.0 Å². The monoisotopic (exact) mass is 670 g/mol. The van der Waals surface area contributed by atoms with Gasteiger partial charge in [0.05, 0.1) is 0 Å². The number of carbonyl (C=O) groups excluding carboxylic acids is 3. The third-order valence-corrected chi connectivity index (χ3v) is 12.6. The minimum atomic E-state index is -5.08. The van der Waals surface area contributed by atoms with Gasteiger partial charge in [0.1, 0.15) is 10.7 Å². The van der Waals surface area contributed by atoms with Gasteiger partial charge in [0.25, 0.3) is 0 Å². The number of urea groups is 1. The number of nitrogens with zero attached hydrogens (tertiary/aromatic N) is 4. The zero-order chi connectivity index (χ0) is 33.2. The highest BCUT2D eigenvalue weighted by Gasteiger charge is 2.55. The fraction of sp³-hybridized carbons (Fsp3) is 0.690. The van der Waals surface area contributed by atoms with Crippen LogP contribution >= 0.6 is 0 Å². The summed E-state index contributed by atoms with van der Waals surface area (Å²) in [5.41, 5.74) is 6.66. The number of nitrogens with two attached hydrogens (primary N) is 1. The first-order valence-electron chi connectivity index (χ1n) is 15.5. The summed E-state index contributed by atoms with van der Waals surface area (Å²) < 4.78 is 60.1. The number of imide groups is 1. The van der Waals surface area contributed by atoms with Gasteiger partial charge in [-0.1, -0.05) is 0 Å². The van der Waals surface area contributed by atoms with Crippen LogP contribution < -0.4 is 16.0 Å². The Hall–Kier alpha value is -3.31. The third kappa shape index (κ3) is 5.85. The van der Waals surface area contributed by atoms with Gasteiger partial charge in [-0.25, -0.2) is 27.9 Å². The Bertz CT molecular complexity index is 1460. The normalized spacial score (nSPS) is 33.7. The van der Waals surface area contributed by atoms with Gasteiger partial charge in [-0.3, -0.25) is 9.59 Å². The number of aliphatic carboxylic acids is 1. The van der Waals surface area contributed by atoms with Gasteiger partial charge in [0.2, 0.25) is 21.8 Å². The molecular formula is C29H37F3N6O7S. The molecule has 1 aromatic rings. The number of carboxylic acids is 1. The number of carboxylic acid groups (broad SMARTS) is 1. The summed E-state index contributed by atoms with van der Waals surface area (Å²) in [6.45, 7) is 0.928. The minimum Gasteiger partial charge on any atom is -0.475 e. The number of hydrogen-bond acceptors (Lipinski definition) is 8. The SMILES string of the molecule is NC1(CNC(=O)N2C3CCC2CN(S(=O)(=O)c2ccc(N4C(=O)CCC4=O)nc2)C3)C2CC3CC(C2)CC1C3.O=C(O)C(F)(F)F. The van der Waals surface area contributed by atoms with E-state index >= 15 is 0 Å². The molecule has 1 aromatic heterocycles. The Morgan fingerprint density at radius 3 is 1.96 bits per heavy atom. The Morgan fingerprint density at radius 2 is 1.50 bits per heavy atom. The number of hydrogen-bond donors (Lipinski definition) is 3. The number of piperazine rings is 1. The standard InChI is InChI=1S/C27H36N6O5S.C2HF3O2/c28-27(18-8-16-7-17(10-18)11-19(27)9-16)15-30-26(36)32-20-1-2-21(32)14-31(13-20)39(37,38)22-3-4-23(29-12-22)33-24(34)5-6-25(33)35;3-2(4,5)1(6)7/h3-4,12,16-21H,1-2,5-11,13-15,28H2,(H,30,36);(H,6,7). The van der Waals surface area contributed by atoms with Gasteiger partial charge in [-0.2, -0.15) is 17.5 Å². The lowest BCUT2D eigenvalue weighted by atomic mass is 9.49. The van der Waals surface area contributed by atoms with Crippen LogP contribution in [0.15, 0.2) is 23.2 Å². The molecule has 7 aliphatic rings. The number of nitrogens with one attached hydrogen (secondary N) is 1. The molecule has 46 heavy (non-hydrogen) atoms. The molecule has 4 amide bonds. The van der Waals surface area contributed by atoms with Crippen LogP contribution in [0.4, 0.5) is 23.8 Å². The summed E-state index contributed by atoms with van der Waals surface area (Å²) in [6.07, 6.45) is 3.98.